The van der Waals surface area contributed by atoms with Crippen LogP contribution in [0.4, 0.5) is 17.1 Å². The van der Waals surface area contributed by atoms with Crippen LogP contribution in [0.15, 0.2) is 48.7 Å². The van der Waals surface area contributed by atoms with Crippen molar-refractivity contribution in [2.45, 2.75) is 6.92 Å². The summed E-state index contributed by atoms with van der Waals surface area (Å²) >= 11 is 0. The number of benzene rings is 2. The SMILES string of the molecule is Cc1cc(N/C=C2/C(=O)Nc3ccccc32)ccc1NCCN(C)C. The number of hydrogen-bond acceptors (Lipinski definition) is 4. The number of likely N-dealkylation sites (N-methyl/N-ethyl adjacent to an activating group) is 1. The fraction of sp³-hybridized carbons (Fsp3) is 0.250. The van der Waals surface area contributed by atoms with Crippen molar-refractivity contribution >= 4 is 28.5 Å². The number of aryl methyl sites for hydroxylation is 1. The van der Waals surface area contributed by atoms with E-state index in [-0.39, 0.29) is 5.91 Å². The van der Waals surface area contributed by atoms with Gasteiger partial charge in [-0.1, -0.05) is 18.2 Å². The van der Waals surface area contributed by atoms with Gasteiger partial charge in [0.2, 0.25) is 0 Å². The molecule has 0 atom stereocenters. The van der Waals surface area contributed by atoms with Crippen LogP contribution in [0.2, 0.25) is 0 Å². The van der Waals surface area contributed by atoms with Crippen LogP contribution in [0.25, 0.3) is 5.57 Å². The summed E-state index contributed by atoms with van der Waals surface area (Å²) < 4.78 is 0. The number of hydrogen-bond donors (Lipinski definition) is 3. The Morgan fingerprint density at radius 2 is 1.96 bits per heavy atom. The Hall–Kier alpha value is -2.79. The third-order valence-corrected chi connectivity index (χ3v) is 4.19. The van der Waals surface area contributed by atoms with Crippen LogP contribution in [0.1, 0.15) is 11.1 Å². The van der Waals surface area contributed by atoms with Gasteiger partial charge < -0.3 is 20.9 Å². The van der Waals surface area contributed by atoms with Crippen molar-refractivity contribution in [2.75, 3.05) is 43.1 Å². The summed E-state index contributed by atoms with van der Waals surface area (Å²) in [6.45, 7) is 3.97. The molecule has 0 fully saturated rings. The van der Waals surface area contributed by atoms with Crippen molar-refractivity contribution in [3.8, 4) is 0 Å². The van der Waals surface area contributed by atoms with Crippen LogP contribution >= 0.6 is 0 Å². The Morgan fingerprint density at radius 1 is 1.16 bits per heavy atom. The van der Waals surface area contributed by atoms with Crippen molar-refractivity contribution in [3.05, 3.63) is 59.8 Å². The molecule has 25 heavy (non-hydrogen) atoms. The molecule has 0 aliphatic carbocycles. The lowest BCUT2D eigenvalue weighted by Gasteiger charge is -2.14. The number of amides is 1. The molecule has 1 amide bonds. The van der Waals surface area contributed by atoms with Gasteiger partial charge in [0.05, 0.1) is 5.57 Å². The van der Waals surface area contributed by atoms with Gasteiger partial charge >= 0.3 is 0 Å². The van der Waals surface area contributed by atoms with Crippen LogP contribution in [0.3, 0.4) is 0 Å². The number of para-hydroxylation sites is 1. The average molecular weight is 336 g/mol. The minimum atomic E-state index is -0.0765. The normalized spacial score (nSPS) is 14.6. The van der Waals surface area contributed by atoms with E-state index in [1.807, 2.05) is 30.3 Å². The van der Waals surface area contributed by atoms with E-state index in [1.54, 1.807) is 6.20 Å². The van der Waals surface area contributed by atoms with Gasteiger partial charge in [0.1, 0.15) is 0 Å². The fourth-order valence-corrected chi connectivity index (χ4v) is 2.80. The number of rotatable bonds is 6. The molecule has 5 heteroatoms. The van der Waals surface area contributed by atoms with Crippen molar-refractivity contribution in [2.24, 2.45) is 0 Å². The molecule has 0 aromatic heterocycles. The van der Waals surface area contributed by atoms with E-state index >= 15 is 0 Å². The quantitative estimate of drug-likeness (QED) is 0.708. The topological polar surface area (TPSA) is 56.4 Å². The first kappa shape index (κ1) is 17.0. The maximum Gasteiger partial charge on any atom is 0.257 e. The number of nitrogens with zero attached hydrogens (tertiary/aromatic N) is 1. The van der Waals surface area contributed by atoms with E-state index < -0.39 is 0 Å². The summed E-state index contributed by atoms with van der Waals surface area (Å²) in [7, 11) is 4.12. The second-order valence-corrected chi connectivity index (χ2v) is 6.46. The lowest BCUT2D eigenvalue weighted by molar-refractivity contribution is -0.110. The zero-order chi connectivity index (χ0) is 17.8. The molecule has 130 valence electrons. The smallest absolute Gasteiger partial charge is 0.257 e. The number of fused-ring (bicyclic) bond motifs is 1. The van der Waals surface area contributed by atoms with E-state index in [9.17, 15) is 4.79 Å². The molecular formula is C20H24N4O. The van der Waals surface area contributed by atoms with E-state index in [1.165, 1.54) is 5.56 Å². The van der Waals surface area contributed by atoms with Crippen molar-refractivity contribution < 1.29 is 4.79 Å². The highest BCUT2D eigenvalue weighted by molar-refractivity contribution is 6.31. The average Bonchev–Trinajstić information content (AvgIpc) is 2.89. The van der Waals surface area contributed by atoms with Gasteiger partial charge in [0.15, 0.2) is 0 Å². The Kier molecular flexibility index (Phi) is 5.05. The van der Waals surface area contributed by atoms with Crippen LogP contribution in [-0.4, -0.2) is 38.0 Å². The fourth-order valence-electron chi connectivity index (χ4n) is 2.80. The number of carbonyl (C=O) groups excluding carboxylic acids is 1. The standard InChI is InChI=1S/C20H24N4O/c1-14-12-15(8-9-18(14)21-10-11-24(2)3)22-13-17-16-6-4-5-7-19(16)23-20(17)25/h4-9,12-13,21-22H,10-11H2,1-3H3,(H,23,25)/b17-13+. The van der Waals surface area contributed by atoms with E-state index in [2.05, 4.69) is 54.0 Å². The molecule has 1 aliphatic rings. The van der Waals surface area contributed by atoms with Gasteiger partial charge in [0.25, 0.3) is 5.91 Å². The maximum atomic E-state index is 12.1. The molecule has 0 bridgehead atoms. The summed E-state index contributed by atoms with van der Waals surface area (Å²) in [6, 6.07) is 13.9. The number of carbonyl (C=O) groups is 1. The highest BCUT2D eigenvalue weighted by atomic mass is 16.2. The van der Waals surface area contributed by atoms with Crippen molar-refractivity contribution in [3.63, 3.8) is 0 Å². The molecule has 1 aliphatic heterocycles. The van der Waals surface area contributed by atoms with E-state index in [0.29, 0.717) is 5.57 Å². The molecule has 0 saturated carbocycles. The Morgan fingerprint density at radius 3 is 2.72 bits per heavy atom. The monoisotopic (exact) mass is 336 g/mol. The molecule has 2 aromatic carbocycles. The van der Waals surface area contributed by atoms with Gasteiger partial charge in [-0.3, -0.25) is 4.79 Å². The van der Waals surface area contributed by atoms with Crippen LogP contribution in [0.5, 0.6) is 0 Å². The molecule has 0 unspecified atom stereocenters. The predicted octanol–water partition coefficient (Wildman–Crippen LogP) is 3.37. The third-order valence-electron chi connectivity index (χ3n) is 4.19. The first-order valence-corrected chi connectivity index (χ1v) is 8.41. The molecule has 5 nitrogen and oxygen atoms in total. The molecule has 0 spiro atoms. The molecule has 0 saturated heterocycles. The summed E-state index contributed by atoms with van der Waals surface area (Å²) in [5.41, 5.74) is 5.69. The Labute approximate surface area is 148 Å². The van der Waals surface area contributed by atoms with E-state index in [0.717, 1.165) is 35.7 Å². The first-order chi connectivity index (χ1) is 12.0. The minimum absolute atomic E-state index is 0.0765. The molecular weight excluding hydrogens is 312 g/mol. The highest BCUT2D eigenvalue weighted by Gasteiger charge is 2.23. The zero-order valence-electron chi connectivity index (χ0n) is 14.9. The molecule has 0 radical (unpaired) electrons. The van der Waals surface area contributed by atoms with Gasteiger partial charge in [-0.25, -0.2) is 0 Å². The van der Waals surface area contributed by atoms with Crippen LogP contribution in [-0.2, 0) is 4.79 Å². The Bertz CT molecular complexity index is 811. The minimum Gasteiger partial charge on any atom is -0.384 e. The molecule has 3 N–H and O–H groups in total. The van der Waals surface area contributed by atoms with Gasteiger partial charge in [0, 0.05) is 41.9 Å². The van der Waals surface area contributed by atoms with Crippen LogP contribution in [0, 0.1) is 6.92 Å². The molecule has 1 heterocycles. The lowest BCUT2D eigenvalue weighted by Crippen LogP contribution is -2.21. The molecule has 3 rings (SSSR count). The summed E-state index contributed by atoms with van der Waals surface area (Å²) in [5, 5.41) is 9.56. The van der Waals surface area contributed by atoms with E-state index in [4.69, 9.17) is 0 Å². The second kappa shape index (κ2) is 7.40. The zero-order valence-corrected chi connectivity index (χ0v) is 14.9. The van der Waals surface area contributed by atoms with Crippen molar-refractivity contribution in [1.82, 2.24) is 4.90 Å². The molecule has 2 aromatic rings. The largest absolute Gasteiger partial charge is 0.384 e. The summed E-state index contributed by atoms with van der Waals surface area (Å²) in [5.74, 6) is -0.0765. The van der Waals surface area contributed by atoms with Gasteiger partial charge in [-0.15, -0.1) is 0 Å². The van der Waals surface area contributed by atoms with Gasteiger partial charge in [-0.05, 0) is 50.8 Å². The highest BCUT2D eigenvalue weighted by Crippen LogP contribution is 2.31. The lowest BCUT2D eigenvalue weighted by atomic mass is 10.1. The third kappa shape index (κ3) is 4.00. The predicted molar refractivity (Wildman–Crippen MR) is 105 cm³/mol. The van der Waals surface area contributed by atoms with Gasteiger partial charge in [-0.2, -0.15) is 0 Å². The maximum absolute atomic E-state index is 12.1. The summed E-state index contributed by atoms with van der Waals surface area (Å²) in [4.78, 5) is 14.3. The number of anilines is 3. The van der Waals surface area contributed by atoms with Crippen molar-refractivity contribution in [1.29, 1.82) is 0 Å². The van der Waals surface area contributed by atoms with Crippen LogP contribution < -0.4 is 16.0 Å². The second-order valence-electron chi connectivity index (χ2n) is 6.46. The number of nitrogens with one attached hydrogen (secondary N) is 3. The summed E-state index contributed by atoms with van der Waals surface area (Å²) in [6.07, 6.45) is 1.77. The Balaban J connectivity index is 1.70. The first-order valence-electron chi connectivity index (χ1n) is 8.41.